The first-order valence-electron chi connectivity index (χ1n) is 5.12. The number of alkyl halides is 4. The molecule has 18 heavy (non-hydrogen) atoms. The van der Waals surface area contributed by atoms with Crippen LogP contribution in [0.3, 0.4) is 0 Å². The third-order valence-corrected chi connectivity index (χ3v) is 3.24. The van der Waals surface area contributed by atoms with Crippen LogP contribution in [-0.2, 0) is 4.74 Å². The van der Waals surface area contributed by atoms with Gasteiger partial charge in [-0.2, -0.15) is 8.78 Å². The van der Waals surface area contributed by atoms with E-state index in [0.717, 1.165) is 10.4 Å². The van der Waals surface area contributed by atoms with Gasteiger partial charge in [-0.1, -0.05) is 0 Å². The van der Waals surface area contributed by atoms with Crippen LogP contribution in [-0.4, -0.2) is 25.6 Å². The summed E-state index contributed by atoms with van der Waals surface area (Å²) >= 11 is 1.47. The Labute approximate surface area is 106 Å². The normalized spacial score (nSPS) is 14.2. The average Bonchev–Trinajstić information content (AvgIpc) is 2.71. The van der Waals surface area contributed by atoms with Crippen molar-refractivity contribution in [2.24, 2.45) is 5.84 Å². The topological polar surface area (TPSA) is 47.3 Å². The molecule has 0 spiro atoms. The standard InChI is InChI=1S/C10H14F4N2OS/c1-6-7(2-3-18-6)8(16-15)4-17-5-10(13,14)9(11)12/h2-3,8-9,16H,4-5,15H2,1H3. The molecule has 1 aromatic rings. The van der Waals surface area contributed by atoms with Crippen LogP contribution in [0.25, 0.3) is 0 Å². The fourth-order valence-corrected chi connectivity index (χ4v) is 2.12. The highest BCUT2D eigenvalue weighted by Crippen LogP contribution is 2.25. The maximum absolute atomic E-state index is 12.6. The summed E-state index contributed by atoms with van der Waals surface area (Å²) in [5, 5.41) is 1.82. The van der Waals surface area contributed by atoms with Crippen molar-refractivity contribution >= 4 is 11.3 Å². The Morgan fingerprint density at radius 3 is 2.61 bits per heavy atom. The van der Waals surface area contributed by atoms with Gasteiger partial charge in [0.25, 0.3) is 0 Å². The van der Waals surface area contributed by atoms with Gasteiger partial charge in [0, 0.05) is 4.88 Å². The first-order chi connectivity index (χ1) is 8.38. The molecule has 1 aromatic heterocycles. The van der Waals surface area contributed by atoms with Crippen LogP contribution in [0.4, 0.5) is 17.6 Å². The van der Waals surface area contributed by atoms with Crippen molar-refractivity contribution in [3.05, 3.63) is 21.9 Å². The van der Waals surface area contributed by atoms with E-state index >= 15 is 0 Å². The summed E-state index contributed by atoms with van der Waals surface area (Å²) in [5.41, 5.74) is 3.22. The molecule has 0 fully saturated rings. The van der Waals surface area contributed by atoms with E-state index < -0.39 is 25.0 Å². The minimum atomic E-state index is -4.14. The molecule has 1 unspecified atom stereocenters. The number of hydrazine groups is 1. The molecule has 8 heteroatoms. The summed E-state index contributed by atoms with van der Waals surface area (Å²) in [4.78, 5) is 0.960. The van der Waals surface area contributed by atoms with Crippen LogP contribution in [0.2, 0.25) is 0 Å². The fraction of sp³-hybridized carbons (Fsp3) is 0.600. The molecule has 3 nitrogen and oxygen atoms in total. The third-order valence-electron chi connectivity index (χ3n) is 2.37. The maximum atomic E-state index is 12.6. The molecule has 0 radical (unpaired) electrons. The highest BCUT2D eigenvalue weighted by atomic mass is 32.1. The summed E-state index contributed by atoms with van der Waals surface area (Å²) in [6.45, 7) is 0.320. The summed E-state index contributed by atoms with van der Waals surface area (Å²) in [6.07, 6.45) is -3.73. The predicted molar refractivity (Wildman–Crippen MR) is 60.9 cm³/mol. The number of aryl methyl sites for hydroxylation is 1. The van der Waals surface area contributed by atoms with Gasteiger partial charge in [-0.05, 0) is 23.9 Å². The second kappa shape index (κ2) is 6.46. The van der Waals surface area contributed by atoms with Crippen LogP contribution < -0.4 is 11.3 Å². The van der Waals surface area contributed by atoms with E-state index in [-0.39, 0.29) is 6.61 Å². The average molecular weight is 286 g/mol. The van der Waals surface area contributed by atoms with Gasteiger partial charge in [-0.25, -0.2) is 8.78 Å². The van der Waals surface area contributed by atoms with Crippen molar-refractivity contribution in [1.82, 2.24) is 5.43 Å². The summed E-state index contributed by atoms with van der Waals surface area (Å²) in [6, 6.07) is 1.28. The molecule has 1 rings (SSSR count). The molecule has 0 aliphatic carbocycles. The van der Waals surface area contributed by atoms with E-state index in [4.69, 9.17) is 5.84 Å². The Hall–Kier alpha value is -0.700. The molecule has 0 bridgehead atoms. The van der Waals surface area contributed by atoms with Gasteiger partial charge < -0.3 is 4.74 Å². The number of rotatable bonds is 7. The number of thiophene rings is 1. The Bertz CT molecular complexity index is 373. The zero-order valence-corrected chi connectivity index (χ0v) is 10.4. The lowest BCUT2D eigenvalue weighted by Gasteiger charge is -2.19. The second-order valence-electron chi connectivity index (χ2n) is 3.73. The molecular formula is C10H14F4N2OS. The highest BCUT2D eigenvalue weighted by molar-refractivity contribution is 7.10. The molecule has 0 saturated carbocycles. The van der Waals surface area contributed by atoms with Crippen molar-refractivity contribution in [3.8, 4) is 0 Å². The molecule has 0 aliphatic heterocycles. The molecule has 3 N–H and O–H groups in total. The highest BCUT2D eigenvalue weighted by Gasteiger charge is 2.41. The molecule has 0 aromatic carbocycles. The van der Waals surface area contributed by atoms with Crippen LogP contribution in [0.15, 0.2) is 11.4 Å². The first kappa shape index (κ1) is 15.4. The Morgan fingerprint density at radius 1 is 1.50 bits per heavy atom. The van der Waals surface area contributed by atoms with Crippen LogP contribution in [0.1, 0.15) is 16.5 Å². The monoisotopic (exact) mass is 286 g/mol. The van der Waals surface area contributed by atoms with E-state index in [9.17, 15) is 17.6 Å². The van der Waals surface area contributed by atoms with Crippen LogP contribution in [0.5, 0.6) is 0 Å². The van der Waals surface area contributed by atoms with Gasteiger partial charge >= 0.3 is 12.3 Å². The first-order valence-corrected chi connectivity index (χ1v) is 6.00. The molecule has 0 amide bonds. The zero-order valence-electron chi connectivity index (χ0n) is 9.63. The molecule has 1 heterocycles. The van der Waals surface area contributed by atoms with E-state index in [1.54, 1.807) is 6.07 Å². The van der Waals surface area contributed by atoms with E-state index in [1.807, 2.05) is 12.3 Å². The third kappa shape index (κ3) is 3.91. The van der Waals surface area contributed by atoms with E-state index in [2.05, 4.69) is 10.2 Å². The van der Waals surface area contributed by atoms with Crippen molar-refractivity contribution < 1.29 is 22.3 Å². The lowest BCUT2D eigenvalue weighted by atomic mass is 10.1. The smallest absolute Gasteiger partial charge is 0.330 e. The largest absolute Gasteiger partial charge is 0.373 e. The van der Waals surface area contributed by atoms with Gasteiger partial charge in [0.05, 0.1) is 12.6 Å². The van der Waals surface area contributed by atoms with Crippen molar-refractivity contribution in [1.29, 1.82) is 0 Å². The number of nitrogens with one attached hydrogen (secondary N) is 1. The van der Waals surface area contributed by atoms with Gasteiger partial charge in [-0.3, -0.25) is 11.3 Å². The summed E-state index contributed by atoms with van der Waals surface area (Å²) < 4.78 is 53.6. The number of nitrogens with two attached hydrogens (primary N) is 1. The molecule has 0 aliphatic rings. The van der Waals surface area contributed by atoms with Gasteiger partial charge in [0.15, 0.2) is 0 Å². The molecule has 104 valence electrons. The van der Waals surface area contributed by atoms with E-state index in [1.165, 1.54) is 11.3 Å². The Balaban J connectivity index is 2.49. The minimum absolute atomic E-state index is 0.198. The lowest BCUT2D eigenvalue weighted by Crippen LogP contribution is -2.36. The van der Waals surface area contributed by atoms with Gasteiger partial charge in [-0.15, -0.1) is 11.3 Å². The number of hydrogen-bond acceptors (Lipinski definition) is 4. The second-order valence-corrected chi connectivity index (χ2v) is 4.85. The van der Waals surface area contributed by atoms with E-state index in [0.29, 0.717) is 0 Å². The Morgan fingerprint density at radius 2 is 2.17 bits per heavy atom. The number of ether oxygens (including phenoxy) is 1. The van der Waals surface area contributed by atoms with Crippen LogP contribution in [0, 0.1) is 6.92 Å². The lowest BCUT2D eigenvalue weighted by molar-refractivity contribution is -0.167. The minimum Gasteiger partial charge on any atom is -0.373 e. The van der Waals surface area contributed by atoms with Crippen LogP contribution >= 0.6 is 11.3 Å². The fourth-order valence-electron chi connectivity index (χ4n) is 1.36. The molecule has 0 saturated heterocycles. The quantitative estimate of drug-likeness (QED) is 0.460. The number of halogens is 4. The Kier molecular flexibility index (Phi) is 5.51. The van der Waals surface area contributed by atoms with Crippen molar-refractivity contribution in [3.63, 3.8) is 0 Å². The maximum Gasteiger partial charge on any atom is 0.330 e. The SMILES string of the molecule is Cc1sccc1C(COCC(F)(F)C(F)F)NN. The number of hydrogen-bond donors (Lipinski definition) is 2. The van der Waals surface area contributed by atoms with Crippen molar-refractivity contribution in [2.75, 3.05) is 13.2 Å². The van der Waals surface area contributed by atoms with Gasteiger partial charge in [0.1, 0.15) is 6.61 Å². The summed E-state index contributed by atoms with van der Waals surface area (Å²) in [7, 11) is 0. The summed E-state index contributed by atoms with van der Waals surface area (Å²) in [5.74, 6) is 1.15. The van der Waals surface area contributed by atoms with Crippen molar-refractivity contribution in [2.45, 2.75) is 25.3 Å². The zero-order chi connectivity index (χ0) is 13.8. The van der Waals surface area contributed by atoms with Gasteiger partial charge in [0.2, 0.25) is 0 Å². The predicted octanol–water partition coefficient (Wildman–Crippen LogP) is 2.48. The molecular weight excluding hydrogens is 272 g/mol. The molecule has 1 atom stereocenters.